The van der Waals surface area contributed by atoms with Crippen LogP contribution in [0.15, 0.2) is 18.2 Å². The molecule has 3 nitrogen and oxygen atoms in total. The van der Waals surface area contributed by atoms with E-state index in [-0.39, 0.29) is 28.9 Å². The summed E-state index contributed by atoms with van der Waals surface area (Å²) in [5, 5.41) is 5.21. The fourth-order valence-corrected chi connectivity index (χ4v) is 2.97. The predicted molar refractivity (Wildman–Crippen MR) is 86.0 cm³/mol. The van der Waals surface area contributed by atoms with E-state index in [1.54, 1.807) is 0 Å². The minimum absolute atomic E-state index is 0.0604. The van der Waals surface area contributed by atoms with Crippen molar-refractivity contribution in [2.45, 2.75) is 50.1 Å². The van der Waals surface area contributed by atoms with E-state index in [4.69, 9.17) is 18.0 Å². The number of hydrogen-bond acceptors (Lipinski definition) is 2. The lowest BCUT2D eigenvalue weighted by Gasteiger charge is -2.30. The molecule has 4 N–H and O–H groups in total. The van der Waals surface area contributed by atoms with Gasteiger partial charge in [0.15, 0.2) is 5.11 Å². The fourth-order valence-electron chi connectivity index (χ4n) is 2.70. The molecule has 1 fully saturated rings. The predicted octanol–water partition coefficient (Wildman–Crippen LogP) is 4.28. The maximum atomic E-state index is 12.8. The van der Waals surface area contributed by atoms with Crippen molar-refractivity contribution in [1.29, 1.82) is 0 Å². The average molecular weight is 385 g/mol. The molecule has 2 rings (SSSR count). The summed E-state index contributed by atoms with van der Waals surface area (Å²) in [6.07, 6.45) is -6.39. The Morgan fingerprint density at radius 2 is 1.48 bits per heavy atom. The third kappa shape index (κ3) is 5.46. The van der Waals surface area contributed by atoms with Gasteiger partial charge in [-0.25, -0.2) is 0 Å². The molecule has 0 spiro atoms. The largest absolute Gasteiger partial charge is 0.416 e. The van der Waals surface area contributed by atoms with E-state index in [9.17, 15) is 26.3 Å². The molecule has 140 valence electrons. The van der Waals surface area contributed by atoms with Gasteiger partial charge in [-0.2, -0.15) is 26.3 Å². The van der Waals surface area contributed by atoms with Crippen molar-refractivity contribution in [3.8, 4) is 0 Å². The highest BCUT2D eigenvalue weighted by Gasteiger charge is 2.37. The van der Waals surface area contributed by atoms with Crippen molar-refractivity contribution in [3.05, 3.63) is 29.3 Å². The molecule has 0 saturated heterocycles. The molecular weight excluding hydrogens is 368 g/mol. The van der Waals surface area contributed by atoms with Gasteiger partial charge in [-0.3, -0.25) is 0 Å². The molecule has 0 aromatic heterocycles. The Morgan fingerprint density at radius 3 is 1.96 bits per heavy atom. The van der Waals surface area contributed by atoms with Gasteiger partial charge in [-0.15, -0.1) is 0 Å². The molecular formula is C15H17F6N3S. The highest BCUT2D eigenvalue weighted by atomic mass is 32.1. The van der Waals surface area contributed by atoms with E-state index in [0.29, 0.717) is 12.1 Å². The van der Waals surface area contributed by atoms with Crippen LogP contribution in [0.3, 0.4) is 0 Å². The molecule has 0 bridgehead atoms. The van der Waals surface area contributed by atoms with Crippen LogP contribution in [0.25, 0.3) is 0 Å². The molecule has 1 saturated carbocycles. The second-order valence-electron chi connectivity index (χ2n) is 5.95. The van der Waals surface area contributed by atoms with Crippen molar-refractivity contribution >= 4 is 23.0 Å². The second-order valence-corrected chi connectivity index (χ2v) is 6.36. The van der Waals surface area contributed by atoms with Crippen LogP contribution in [0.1, 0.15) is 36.8 Å². The Labute approximate surface area is 146 Å². The molecule has 0 radical (unpaired) electrons. The van der Waals surface area contributed by atoms with Gasteiger partial charge in [0.25, 0.3) is 0 Å². The van der Waals surface area contributed by atoms with Crippen molar-refractivity contribution in [2.24, 2.45) is 5.73 Å². The molecule has 2 atom stereocenters. The minimum atomic E-state index is -4.90. The highest BCUT2D eigenvalue weighted by molar-refractivity contribution is 7.80. The van der Waals surface area contributed by atoms with E-state index in [2.05, 4.69) is 10.6 Å². The number of anilines is 1. The monoisotopic (exact) mass is 385 g/mol. The van der Waals surface area contributed by atoms with Gasteiger partial charge in [0, 0.05) is 17.8 Å². The van der Waals surface area contributed by atoms with E-state index >= 15 is 0 Å². The topological polar surface area (TPSA) is 50.1 Å². The number of thiocarbonyl (C=S) groups is 1. The Balaban J connectivity index is 2.18. The molecule has 25 heavy (non-hydrogen) atoms. The first kappa shape index (κ1) is 19.8. The second kappa shape index (κ2) is 7.36. The van der Waals surface area contributed by atoms with E-state index in [1.807, 2.05) is 0 Å². The number of hydrogen-bond donors (Lipinski definition) is 3. The first-order chi connectivity index (χ1) is 11.5. The molecule has 0 aliphatic heterocycles. The number of halogens is 6. The summed E-state index contributed by atoms with van der Waals surface area (Å²) in [7, 11) is 0. The van der Waals surface area contributed by atoms with Gasteiger partial charge in [-0.1, -0.05) is 12.8 Å². The SMILES string of the molecule is N[C@H]1CCCC[C@H]1NC(=S)Nc1cc(C(F)(F)F)cc(C(F)(F)F)c1. The van der Waals surface area contributed by atoms with Crippen molar-refractivity contribution in [3.63, 3.8) is 0 Å². The zero-order valence-electron chi connectivity index (χ0n) is 13.0. The van der Waals surface area contributed by atoms with Gasteiger partial charge < -0.3 is 16.4 Å². The summed E-state index contributed by atoms with van der Waals surface area (Å²) in [5.74, 6) is 0. The van der Waals surface area contributed by atoms with E-state index < -0.39 is 23.5 Å². The van der Waals surface area contributed by atoms with Crippen LogP contribution in [0.5, 0.6) is 0 Å². The highest BCUT2D eigenvalue weighted by Crippen LogP contribution is 2.37. The number of nitrogens with two attached hydrogens (primary N) is 1. The van der Waals surface area contributed by atoms with Gasteiger partial charge in [0.05, 0.1) is 11.1 Å². The maximum Gasteiger partial charge on any atom is 0.416 e. The Kier molecular flexibility index (Phi) is 5.82. The lowest BCUT2D eigenvalue weighted by molar-refractivity contribution is -0.143. The molecule has 0 heterocycles. The van der Waals surface area contributed by atoms with Crippen LogP contribution in [-0.4, -0.2) is 17.2 Å². The van der Waals surface area contributed by atoms with Crippen LogP contribution < -0.4 is 16.4 Å². The van der Waals surface area contributed by atoms with Crippen molar-refractivity contribution < 1.29 is 26.3 Å². The first-order valence-electron chi connectivity index (χ1n) is 7.59. The summed E-state index contributed by atoms with van der Waals surface area (Å²) in [5.41, 5.74) is 2.75. The normalized spacial score (nSPS) is 21.7. The number of rotatable bonds is 2. The lowest BCUT2D eigenvalue weighted by Crippen LogP contribution is -2.50. The van der Waals surface area contributed by atoms with Gasteiger partial charge >= 0.3 is 12.4 Å². The number of benzene rings is 1. The van der Waals surface area contributed by atoms with E-state index in [1.165, 1.54) is 0 Å². The van der Waals surface area contributed by atoms with Crippen LogP contribution in [0, 0.1) is 0 Å². The van der Waals surface area contributed by atoms with Crippen LogP contribution >= 0.6 is 12.2 Å². The van der Waals surface area contributed by atoms with Crippen LogP contribution in [0.4, 0.5) is 32.0 Å². The smallest absolute Gasteiger partial charge is 0.358 e. The van der Waals surface area contributed by atoms with Crippen molar-refractivity contribution in [1.82, 2.24) is 5.32 Å². The van der Waals surface area contributed by atoms with Gasteiger partial charge in [0.1, 0.15) is 0 Å². The van der Waals surface area contributed by atoms with E-state index in [0.717, 1.165) is 25.7 Å². The fraction of sp³-hybridized carbons (Fsp3) is 0.533. The quantitative estimate of drug-likeness (QED) is 0.525. The Bertz CT molecular complexity index is 596. The third-order valence-electron chi connectivity index (χ3n) is 3.98. The average Bonchev–Trinajstić information content (AvgIpc) is 2.47. The Hall–Kier alpha value is -1.55. The summed E-state index contributed by atoms with van der Waals surface area (Å²) in [4.78, 5) is 0. The van der Waals surface area contributed by atoms with Crippen molar-refractivity contribution in [2.75, 3.05) is 5.32 Å². The standard InChI is InChI=1S/C15H17F6N3S/c16-14(17,18)8-5-9(15(19,20)21)7-10(6-8)23-13(25)24-12-4-2-1-3-11(12)22/h5-7,11-12H,1-4,22H2,(H2,23,24,25)/t11-,12+/m0/s1. The summed E-state index contributed by atoms with van der Waals surface area (Å²) in [6.45, 7) is 0. The van der Waals surface area contributed by atoms with Crippen LogP contribution in [-0.2, 0) is 12.4 Å². The summed E-state index contributed by atoms with van der Waals surface area (Å²) < 4.78 is 77.0. The molecule has 1 aliphatic rings. The third-order valence-corrected chi connectivity index (χ3v) is 4.20. The summed E-state index contributed by atoms with van der Waals surface area (Å²) in [6, 6.07) is 0.912. The van der Waals surface area contributed by atoms with Crippen LogP contribution in [0.2, 0.25) is 0 Å². The summed E-state index contributed by atoms with van der Waals surface area (Å²) >= 11 is 5.00. The zero-order chi connectivity index (χ0) is 18.8. The zero-order valence-corrected chi connectivity index (χ0v) is 13.8. The minimum Gasteiger partial charge on any atom is -0.358 e. The molecule has 1 aliphatic carbocycles. The molecule has 1 aromatic rings. The first-order valence-corrected chi connectivity index (χ1v) is 8.00. The molecule has 0 amide bonds. The van der Waals surface area contributed by atoms with Gasteiger partial charge in [-0.05, 0) is 43.3 Å². The molecule has 1 aromatic carbocycles. The Morgan fingerprint density at radius 1 is 0.960 bits per heavy atom. The number of alkyl halides is 6. The molecule has 0 unspecified atom stereocenters. The van der Waals surface area contributed by atoms with Gasteiger partial charge in [0.2, 0.25) is 0 Å². The molecule has 10 heteroatoms. The lowest BCUT2D eigenvalue weighted by atomic mass is 9.91. The number of nitrogens with one attached hydrogen (secondary N) is 2. The maximum absolute atomic E-state index is 12.8.